The molecule has 204 valence electrons. The van der Waals surface area contributed by atoms with Gasteiger partial charge in [-0.1, -0.05) is 57.5 Å². The summed E-state index contributed by atoms with van der Waals surface area (Å²) in [5.74, 6) is -0.461. The molecule has 1 aliphatic rings. The summed E-state index contributed by atoms with van der Waals surface area (Å²) < 4.78 is 53.7. The van der Waals surface area contributed by atoms with E-state index in [4.69, 9.17) is 0 Å². The lowest BCUT2D eigenvalue weighted by Crippen LogP contribution is -2.36. The Balaban J connectivity index is 0.00000241. The molecular weight excluding hydrogens is 518 g/mol. The van der Waals surface area contributed by atoms with Crippen LogP contribution in [0.1, 0.15) is 70.8 Å². The topological polar surface area (TPSA) is 42.0 Å². The number of alkyl halides is 4. The van der Waals surface area contributed by atoms with E-state index in [-0.39, 0.29) is 11.1 Å². The zero-order valence-corrected chi connectivity index (χ0v) is 24.7. The number of halogens is 4. The van der Waals surface area contributed by atoms with Gasteiger partial charge < -0.3 is 5.32 Å². The van der Waals surface area contributed by atoms with E-state index in [0.29, 0.717) is 29.8 Å². The van der Waals surface area contributed by atoms with Gasteiger partial charge >= 0.3 is 0 Å². The number of aryl methyl sites for hydroxylation is 1. The van der Waals surface area contributed by atoms with E-state index in [1.165, 1.54) is 44.8 Å². The van der Waals surface area contributed by atoms with Gasteiger partial charge in [0.05, 0.1) is 11.2 Å². The summed E-state index contributed by atoms with van der Waals surface area (Å²) in [6.45, 7) is 13.9. The number of rotatable bonds is 8. The Morgan fingerprint density at radius 3 is 2.03 bits per heavy atom. The molecule has 1 aromatic rings. The number of nitrogens with zero attached hydrogens (tertiary/aromatic N) is 1. The fourth-order valence-corrected chi connectivity index (χ4v) is 3.35. The molecule has 9 heteroatoms. The summed E-state index contributed by atoms with van der Waals surface area (Å²) in [5.41, 5.74) is -4.71. The maximum absolute atomic E-state index is 13.5. The highest BCUT2D eigenvalue weighted by Gasteiger charge is 2.47. The van der Waals surface area contributed by atoms with E-state index in [0.717, 1.165) is 11.6 Å². The Morgan fingerprint density at radius 1 is 1.14 bits per heavy atom. The second-order valence-electron chi connectivity index (χ2n) is 8.74. The predicted molar refractivity (Wildman–Crippen MR) is 154 cm³/mol. The number of nitrogens with one attached hydrogen (secondary N) is 1. The van der Waals surface area contributed by atoms with Crippen LogP contribution >= 0.6 is 18.5 Å². The maximum atomic E-state index is 13.5. The van der Waals surface area contributed by atoms with Crippen LogP contribution in [-0.4, -0.2) is 22.2 Å². The van der Waals surface area contributed by atoms with Crippen molar-refractivity contribution in [2.75, 3.05) is 0 Å². The lowest BCUT2D eigenvalue weighted by Gasteiger charge is -2.21. The van der Waals surface area contributed by atoms with E-state index < -0.39 is 28.3 Å². The average Bonchev–Trinajstić information content (AvgIpc) is 3.57. The molecule has 1 heterocycles. The molecule has 37 heavy (non-hydrogen) atoms. The summed E-state index contributed by atoms with van der Waals surface area (Å²) in [7, 11) is 2.91. The molecule has 1 fully saturated rings. The van der Waals surface area contributed by atoms with Gasteiger partial charge in [-0.25, -0.2) is 0 Å². The molecule has 2 unspecified atom stereocenters. The second kappa shape index (κ2) is 14.6. The fourth-order valence-electron chi connectivity index (χ4n) is 3.19. The highest BCUT2D eigenvalue weighted by atomic mass is 31.0. The number of pyridine rings is 1. The van der Waals surface area contributed by atoms with Gasteiger partial charge in [0.2, 0.25) is 5.91 Å². The zero-order chi connectivity index (χ0) is 29.2. The van der Waals surface area contributed by atoms with Crippen LogP contribution in [0.15, 0.2) is 53.7 Å². The van der Waals surface area contributed by atoms with Crippen LogP contribution in [0.3, 0.4) is 0 Å². The van der Waals surface area contributed by atoms with Crippen molar-refractivity contribution in [2.24, 2.45) is 0 Å². The third kappa shape index (κ3) is 10.5. The van der Waals surface area contributed by atoms with Crippen molar-refractivity contribution in [3.05, 3.63) is 70.6 Å². The number of allylic oxidation sites excluding steroid dienone is 6. The van der Waals surface area contributed by atoms with E-state index in [9.17, 15) is 22.4 Å². The third-order valence-electron chi connectivity index (χ3n) is 5.39. The number of carbonyl (C=O) groups excluding carboxylic acids is 1. The molecule has 0 aliphatic heterocycles. The quantitative estimate of drug-likeness (QED) is 0.116. The zero-order valence-electron chi connectivity index (χ0n) is 22.4. The van der Waals surface area contributed by atoms with Crippen molar-refractivity contribution in [3.8, 4) is 12.8 Å². The van der Waals surface area contributed by atoms with E-state index in [1.807, 2.05) is 6.07 Å². The minimum absolute atomic E-state index is 0.107. The van der Waals surface area contributed by atoms with E-state index in [1.54, 1.807) is 26.0 Å². The smallest absolute Gasteiger partial charge is 0.283 e. The number of terminal acetylenes is 1. The standard InChI is InChI=1S/C23H28F4N2OP2.C3H8.C2H2/c1-6-17(12-15(4)23(26,27)32)19-8-7-18(16(5)28-19)21(9-10-21)29-20(30)13(2)11-14(3)22(24,25)31;1-3-2;1-2/h6-8,11-12H,3,9-10,31-32H2,1-2,4-5H3,(H,29,30);3H2,1-2H3;1-2H/b13-11+,15-12+,17-6+;;. The van der Waals surface area contributed by atoms with Crippen molar-refractivity contribution in [3.63, 3.8) is 0 Å². The van der Waals surface area contributed by atoms with E-state index in [2.05, 4.69) is 43.6 Å². The molecule has 3 nitrogen and oxygen atoms in total. The molecule has 2 rings (SSSR count). The lowest BCUT2D eigenvalue weighted by molar-refractivity contribution is -0.118. The predicted octanol–water partition coefficient (Wildman–Crippen LogP) is 7.95. The Bertz CT molecular complexity index is 1070. The van der Waals surface area contributed by atoms with Crippen LogP contribution in [0.5, 0.6) is 0 Å². The Hall–Kier alpha value is -2.28. The monoisotopic (exact) mass is 556 g/mol. The first-order valence-corrected chi connectivity index (χ1v) is 12.9. The summed E-state index contributed by atoms with van der Waals surface area (Å²) in [6.07, 6.45) is 14.8. The third-order valence-corrected chi connectivity index (χ3v) is 6.21. The van der Waals surface area contributed by atoms with Gasteiger partial charge in [0.15, 0.2) is 0 Å². The number of carbonyl (C=O) groups is 1. The molecule has 1 saturated carbocycles. The lowest BCUT2D eigenvalue weighted by atomic mass is 10.00. The van der Waals surface area contributed by atoms with Crippen molar-refractivity contribution in [1.82, 2.24) is 10.3 Å². The number of hydrogen-bond donors (Lipinski definition) is 1. The summed E-state index contributed by atoms with van der Waals surface area (Å²) in [4.78, 5) is 17.2. The SMILES string of the molecule is C#C.C=C(/C=C(\C)C(=O)NC1(c2ccc(C(=C/C)/C=C(\C)C(F)(F)P)nc2C)CC1)C(F)(F)P.CCC. The van der Waals surface area contributed by atoms with Crippen LogP contribution < -0.4 is 5.32 Å². The molecule has 1 N–H and O–H groups in total. The van der Waals surface area contributed by atoms with Gasteiger partial charge in [0.1, 0.15) is 0 Å². The highest BCUT2D eigenvalue weighted by molar-refractivity contribution is 7.18. The van der Waals surface area contributed by atoms with Crippen LogP contribution in [0.4, 0.5) is 17.6 Å². The Kier molecular flexibility index (Phi) is 13.7. The molecule has 1 aromatic heterocycles. The molecular formula is C28H38F4N2OP2. The van der Waals surface area contributed by atoms with Gasteiger partial charge in [-0.05, 0) is 75.5 Å². The van der Waals surface area contributed by atoms with Crippen LogP contribution in [-0.2, 0) is 10.3 Å². The first-order chi connectivity index (χ1) is 17.0. The van der Waals surface area contributed by atoms with Crippen molar-refractivity contribution < 1.29 is 22.4 Å². The number of amides is 1. The normalized spacial score (nSPS) is 15.5. The summed E-state index contributed by atoms with van der Waals surface area (Å²) in [6, 6.07) is 3.55. The van der Waals surface area contributed by atoms with Gasteiger partial charge in [-0.15, -0.1) is 12.8 Å². The van der Waals surface area contributed by atoms with Crippen molar-refractivity contribution >= 4 is 30.0 Å². The van der Waals surface area contributed by atoms with Crippen LogP contribution in [0.2, 0.25) is 0 Å². The first kappa shape index (κ1) is 34.7. The molecule has 0 saturated heterocycles. The molecule has 1 aliphatic carbocycles. The second-order valence-corrected chi connectivity index (χ2v) is 10.2. The van der Waals surface area contributed by atoms with Gasteiger partial charge in [0, 0.05) is 16.8 Å². The van der Waals surface area contributed by atoms with Crippen molar-refractivity contribution in [2.45, 2.75) is 77.7 Å². The Morgan fingerprint density at radius 2 is 1.65 bits per heavy atom. The number of hydrogen-bond acceptors (Lipinski definition) is 2. The van der Waals surface area contributed by atoms with Crippen molar-refractivity contribution in [1.29, 1.82) is 0 Å². The maximum Gasteiger partial charge on any atom is 0.283 e. The largest absolute Gasteiger partial charge is 0.343 e. The summed E-state index contributed by atoms with van der Waals surface area (Å²) in [5, 5.41) is 2.93. The Labute approximate surface area is 223 Å². The first-order valence-electron chi connectivity index (χ1n) is 11.7. The number of aromatic nitrogens is 1. The summed E-state index contributed by atoms with van der Waals surface area (Å²) >= 11 is 0. The minimum atomic E-state index is -3.19. The molecule has 0 aromatic carbocycles. The van der Waals surface area contributed by atoms with Gasteiger partial charge in [-0.3, -0.25) is 9.78 Å². The van der Waals surface area contributed by atoms with Crippen LogP contribution in [0, 0.1) is 19.8 Å². The highest BCUT2D eigenvalue weighted by Crippen LogP contribution is 2.47. The van der Waals surface area contributed by atoms with Crippen LogP contribution in [0.25, 0.3) is 5.57 Å². The molecule has 0 bridgehead atoms. The van der Waals surface area contributed by atoms with E-state index >= 15 is 0 Å². The molecule has 1 amide bonds. The molecule has 0 spiro atoms. The van der Waals surface area contributed by atoms with Gasteiger partial charge in [-0.2, -0.15) is 17.6 Å². The van der Waals surface area contributed by atoms with Gasteiger partial charge in [0.25, 0.3) is 11.3 Å². The minimum Gasteiger partial charge on any atom is -0.343 e. The fraction of sp³-hybridized carbons (Fsp3) is 0.429. The average molecular weight is 557 g/mol. The molecule has 2 atom stereocenters. The molecule has 0 radical (unpaired) electrons.